The minimum atomic E-state index is -0.0665. The van der Waals surface area contributed by atoms with Gasteiger partial charge in [0.15, 0.2) is 0 Å². The van der Waals surface area contributed by atoms with Crippen LogP contribution < -0.4 is 5.32 Å². The molecule has 3 heterocycles. The topological polar surface area (TPSA) is 83.1 Å². The number of rotatable bonds is 5. The molecule has 3 aromatic rings. The summed E-state index contributed by atoms with van der Waals surface area (Å²) in [4.78, 5) is 25.7. The molecule has 7 nitrogen and oxygen atoms in total. The summed E-state index contributed by atoms with van der Waals surface area (Å²) in [5.74, 6) is 0.830. The van der Waals surface area contributed by atoms with Crippen molar-refractivity contribution in [3.05, 3.63) is 66.4 Å². The molecule has 0 bridgehead atoms. The minimum absolute atomic E-state index is 0.0641. The first-order valence-electron chi connectivity index (χ1n) is 9.32. The van der Waals surface area contributed by atoms with E-state index in [1.54, 1.807) is 6.20 Å². The fourth-order valence-corrected chi connectivity index (χ4v) is 3.39. The highest BCUT2D eigenvalue weighted by atomic mass is 16.5. The molecule has 1 aromatic carbocycles. The van der Waals surface area contributed by atoms with E-state index < -0.39 is 0 Å². The van der Waals surface area contributed by atoms with Crippen molar-refractivity contribution >= 4 is 11.6 Å². The monoisotopic (exact) mass is 377 g/mol. The Hall–Kier alpha value is -3.03. The van der Waals surface area contributed by atoms with E-state index in [2.05, 4.69) is 25.2 Å². The maximum Gasteiger partial charge on any atom is 0.221 e. The number of aromatic amines is 1. The van der Waals surface area contributed by atoms with Crippen molar-refractivity contribution in [3.8, 4) is 11.3 Å². The van der Waals surface area contributed by atoms with Crippen LogP contribution in [0.1, 0.15) is 24.4 Å². The highest BCUT2D eigenvalue weighted by molar-refractivity contribution is 5.88. The zero-order valence-electron chi connectivity index (χ0n) is 15.8. The number of pyridine rings is 1. The van der Waals surface area contributed by atoms with E-state index >= 15 is 0 Å². The SMILES string of the molecule is CC(=O)Nc1ccc(CN2CCOCC2c2ncc(-c3cccnc3)[nH]2)cc1. The first-order valence-corrected chi connectivity index (χ1v) is 9.32. The Balaban J connectivity index is 1.49. The number of ether oxygens (including phenoxy) is 1. The van der Waals surface area contributed by atoms with Crippen LogP contribution in [0.25, 0.3) is 11.3 Å². The number of aromatic nitrogens is 3. The van der Waals surface area contributed by atoms with E-state index in [4.69, 9.17) is 4.74 Å². The zero-order chi connectivity index (χ0) is 19.3. The normalized spacial score (nSPS) is 17.4. The standard InChI is InChI=1S/C21H23N5O2/c1-15(27)24-18-6-4-16(5-7-18)13-26-9-10-28-14-20(26)21-23-12-19(25-21)17-3-2-8-22-11-17/h2-8,11-12,20H,9-10,13-14H2,1H3,(H,23,25)(H,24,27). The van der Waals surface area contributed by atoms with Gasteiger partial charge >= 0.3 is 0 Å². The predicted molar refractivity (Wildman–Crippen MR) is 107 cm³/mol. The van der Waals surface area contributed by atoms with E-state index in [-0.39, 0.29) is 11.9 Å². The molecular weight excluding hydrogens is 354 g/mol. The summed E-state index contributed by atoms with van der Waals surface area (Å²) < 4.78 is 5.72. The maximum absolute atomic E-state index is 11.2. The fraction of sp³-hybridized carbons (Fsp3) is 0.286. The van der Waals surface area contributed by atoms with Crippen LogP contribution in [0.2, 0.25) is 0 Å². The molecule has 0 radical (unpaired) electrons. The highest BCUT2D eigenvalue weighted by Gasteiger charge is 2.27. The predicted octanol–water partition coefficient (Wildman–Crippen LogP) is 3.00. The second-order valence-electron chi connectivity index (χ2n) is 6.86. The summed E-state index contributed by atoms with van der Waals surface area (Å²) in [6.07, 6.45) is 5.43. The van der Waals surface area contributed by atoms with Gasteiger partial charge in [-0.3, -0.25) is 14.7 Å². The van der Waals surface area contributed by atoms with Crippen molar-refractivity contribution < 1.29 is 9.53 Å². The number of amides is 1. The lowest BCUT2D eigenvalue weighted by Gasteiger charge is -2.34. The van der Waals surface area contributed by atoms with Gasteiger partial charge in [-0.2, -0.15) is 0 Å². The molecule has 0 aliphatic carbocycles. The van der Waals surface area contributed by atoms with Crippen LogP contribution in [-0.4, -0.2) is 45.5 Å². The van der Waals surface area contributed by atoms with Gasteiger partial charge < -0.3 is 15.0 Å². The quantitative estimate of drug-likeness (QED) is 0.714. The van der Waals surface area contributed by atoms with E-state index in [0.29, 0.717) is 13.2 Å². The molecule has 144 valence electrons. The van der Waals surface area contributed by atoms with Crippen molar-refractivity contribution in [2.24, 2.45) is 0 Å². The largest absolute Gasteiger partial charge is 0.378 e. The van der Waals surface area contributed by atoms with Crippen molar-refractivity contribution in [1.29, 1.82) is 0 Å². The summed E-state index contributed by atoms with van der Waals surface area (Å²) in [5.41, 5.74) is 3.95. The molecule has 4 rings (SSSR count). The number of hydrogen-bond acceptors (Lipinski definition) is 5. The molecule has 7 heteroatoms. The Morgan fingerprint density at radius 1 is 1.29 bits per heavy atom. The Kier molecular flexibility index (Phi) is 5.45. The molecule has 1 amide bonds. The molecule has 1 fully saturated rings. The van der Waals surface area contributed by atoms with Gasteiger partial charge in [0.05, 0.1) is 31.1 Å². The van der Waals surface area contributed by atoms with Gasteiger partial charge in [0.25, 0.3) is 0 Å². The number of anilines is 1. The lowest BCUT2D eigenvalue weighted by Crippen LogP contribution is -2.39. The van der Waals surface area contributed by atoms with Crippen LogP contribution in [0.3, 0.4) is 0 Å². The van der Waals surface area contributed by atoms with Gasteiger partial charge in [-0.25, -0.2) is 4.98 Å². The Labute approximate surface area is 163 Å². The number of H-pyrrole nitrogens is 1. The first-order chi connectivity index (χ1) is 13.7. The number of carbonyl (C=O) groups is 1. The van der Waals surface area contributed by atoms with Crippen LogP contribution in [0.4, 0.5) is 5.69 Å². The Morgan fingerprint density at radius 3 is 2.89 bits per heavy atom. The second kappa shape index (κ2) is 8.33. The van der Waals surface area contributed by atoms with Crippen LogP contribution in [-0.2, 0) is 16.1 Å². The van der Waals surface area contributed by atoms with Gasteiger partial charge in [0.2, 0.25) is 5.91 Å². The minimum Gasteiger partial charge on any atom is -0.378 e. The average Bonchev–Trinajstić information content (AvgIpc) is 3.20. The maximum atomic E-state index is 11.2. The van der Waals surface area contributed by atoms with Crippen LogP contribution in [0.15, 0.2) is 55.0 Å². The molecule has 28 heavy (non-hydrogen) atoms. The van der Waals surface area contributed by atoms with E-state index in [0.717, 1.165) is 35.9 Å². The Bertz CT molecular complexity index is 923. The number of nitrogens with zero attached hydrogens (tertiary/aromatic N) is 3. The smallest absolute Gasteiger partial charge is 0.221 e. The number of carbonyl (C=O) groups excluding carboxylic acids is 1. The number of benzene rings is 1. The lowest BCUT2D eigenvalue weighted by molar-refractivity contribution is -0.114. The zero-order valence-corrected chi connectivity index (χ0v) is 15.8. The number of morpholine rings is 1. The molecule has 0 saturated carbocycles. The molecular formula is C21H23N5O2. The molecule has 0 spiro atoms. The van der Waals surface area contributed by atoms with Gasteiger partial charge in [0, 0.05) is 43.7 Å². The first kappa shape index (κ1) is 18.3. The summed E-state index contributed by atoms with van der Waals surface area (Å²) >= 11 is 0. The highest BCUT2D eigenvalue weighted by Crippen LogP contribution is 2.26. The second-order valence-corrected chi connectivity index (χ2v) is 6.86. The number of hydrogen-bond donors (Lipinski definition) is 2. The summed E-state index contributed by atoms with van der Waals surface area (Å²) in [5, 5.41) is 2.80. The van der Waals surface area contributed by atoms with Crippen LogP contribution in [0, 0.1) is 0 Å². The van der Waals surface area contributed by atoms with Crippen LogP contribution in [0.5, 0.6) is 0 Å². The summed E-state index contributed by atoms with van der Waals surface area (Å²) in [7, 11) is 0. The van der Waals surface area contributed by atoms with Crippen LogP contribution >= 0.6 is 0 Å². The van der Waals surface area contributed by atoms with Crippen molar-refractivity contribution in [3.63, 3.8) is 0 Å². The Morgan fingerprint density at radius 2 is 2.14 bits per heavy atom. The average molecular weight is 377 g/mol. The fourth-order valence-electron chi connectivity index (χ4n) is 3.39. The molecule has 2 aromatic heterocycles. The van der Waals surface area contributed by atoms with Gasteiger partial charge in [0.1, 0.15) is 5.82 Å². The van der Waals surface area contributed by atoms with Gasteiger partial charge in [-0.15, -0.1) is 0 Å². The third kappa shape index (κ3) is 4.27. The molecule has 2 N–H and O–H groups in total. The third-order valence-electron chi connectivity index (χ3n) is 4.78. The lowest BCUT2D eigenvalue weighted by atomic mass is 10.1. The molecule has 1 saturated heterocycles. The van der Waals surface area contributed by atoms with Gasteiger partial charge in [-0.1, -0.05) is 12.1 Å². The van der Waals surface area contributed by atoms with E-state index in [9.17, 15) is 4.79 Å². The van der Waals surface area contributed by atoms with Crippen molar-refractivity contribution in [2.45, 2.75) is 19.5 Å². The van der Waals surface area contributed by atoms with Crippen molar-refractivity contribution in [1.82, 2.24) is 19.9 Å². The molecule has 1 aliphatic heterocycles. The van der Waals surface area contributed by atoms with Gasteiger partial charge in [-0.05, 0) is 29.8 Å². The van der Waals surface area contributed by atoms with Crippen molar-refractivity contribution in [2.75, 3.05) is 25.1 Å². The number of nitrogens with one attached hydrogen (secondary N) is 2. The van der Waals surface area contributed by atoms with E-state index in [1.807, 2.05) is 48.8 Å². The van der Waals surface area contributed by atoms with E-state index in [1.165, 1.54) is 12.5 Å². The molecule has 1 aliphatic rings. The molecule has 1 unspecified atom stereocenters. The summed E-state index contributed by atoms with van der Waals surface area (Å²) in [6, 6.07) is 11.9. The number of imidazole rings is 1. The molecule has 1 atom stereocenters. The summed E-state index contributed by atoms with van der Waals surface area (Å²) in [6.45, 7) is 4.44. The third-order valence-corrected chi connectivity index (χ3v) is 4.78.